The molecule has 0 heterocycles. The Morgan fingerprint density at radius 2 is 2.10 bits per heavy atom. The van der Waals surface area contributed by atoms with Crippen molar-refractivity contribution in [2.75, 3.05) is 6.54 Å². The highest BCUT2D eigenvalue weighted by Gasteiger charge is 1.97. The second kappa shape index (κ2) is 6.55. The highest BCUT2D eigenvalue weighted by molar-refractivity contribution is 5.69. The van der Waals surface area contributed by atoms with Crippen molar-refractivity contribution < 1.29 is 9.53 Å². The Hall–Kier alpha value is -0.570. The Morgan fingerprint density at radius 3 is 2.60 bits per heavy atom. The van der Waals surface area contributed by atoms with E-state index in [1.54, 1.807) is 0 Å². The SMILES string of the molecule is [CH]OC(=O)CCCCCN. The van der Waals surface area contributed by atoms with Gasteiger partial charge >= 0.3 is 5.97 Å². The van der Waals surface area contributed by atoms with Gasteiger partial charge in [-0.05, 0) is 19.4 Å². The van der Waals surface area contributed by atoms with Gasteiger partial charge in [-0.3, -0.25) is 4.79 Å². The molecule has 0 saturated carbocycles. The lowest BCUT2D eigenvalue weighted by molar-refractivity contribution is -0.138. The minimum absolute atomic E-state index is 0.350. The van der Waals surface area contributed by atoms with Crippen LogP contribution in [0.4, 0.5) is 0 Å². The van der Waals surface area contributed by atoms with Gasteiger partial charge in [0.05, 0.1) is 0 Å². The quantitative estimate of drug-likeness (QED) is 0.455. The maximum absolute atomic E-state index is 10.4. The fraction of sp³-hybridized carbons (Fsp3) is 0.714. The summed E-state index contributed by atoms with van der Waals surface area (Å²) >= 11 is 0. The number of carbonyl (C=O) groups excluding carboxylic acids is 1. The standard InChI is InChI=1S/C7H13NO2/c1-10-7(9)5-3-2-4-6-8/h1H,2-6,8H2. The van der Waals surface area contributed by atoms with Crippen molar-refractivity contribution in [1.82, 2.24) is 0 Å². The second-order valence-corrected chi connectivity index (χ2v) is 2.09. The highest BCUT2D eigenvalue weighted by atomic mass is 16.5. The third-order valence-electron chi connectivity index (χ3n) is 1.22. The van der Waals surface area contributed by atoms with Crippen LogP contribution in [0.15, 0.2) is 0 Å². The summed E-state index contributed by atoms with van der Waals surface area (Å²) in [6.07, 6.45) is 3.13. The average molecular weight is 143 g/mol. The fourth-order valence-electron chi connectivity index (χ4n) is 0.649. The molecule has 0 rings (SSSR count). The van der Waals surface area contributed by atoms with Crippen LogP contribution < -0.4 is 5.73 Å². The lowest BCUT2D eigenvalue weighted by Crippen LogP contribution is -2.01. The molecule has 0 aromatic heterocycles. The summed E-state index contributed by atoms with van der Waals surface area (Å²) < 4.78 is 3.96. The van der Waals surface area contributed by atoms with Crippen LogP contribution >= 0.6 is 0 Å². The number of hydrogen-bond acceptors (Lipinski definition) is 3. The van der Waals surface area contributed by atoms with Crippen LogP contribution in [0.5, 0.6) is 0 Å². The van der Waals surface area contributed by atoms with E-state index in [9.17, 15) is 4.79 Å². The zero-order chi connectivity index (χ0) is 7.82. The van der Waals surface area contributed by atoms with Gasteiger partial charge < -0.3 is 10.5 Å². The van der Waals surface area contributed by atoms with E-state index in [1.165, 1.54) is 0 Å². The predicted octanol–water partition coefficient (Wildman–Crippen LogP) is 0.717. The summed E-state index contributed by atoms with van der Waals surface area (Å²) in [5.41, 5.74) is 5.24. The summed E-state index contributed by atoms with van der Waals surface area (Å²) in [6, 6.07) is 0. The minimum Gasteiger partial charge on any atom is -0.454 e. The van der Waals surface area contributed by atoms with Gasteiger partial charge in [0.15, 0.2) is 7.11 Å². The van der Waals surface area contributed by atoms with Crippen LogP contribution in [0.25, 0.3) is 0 Å². The van der Waals surface area contributed by atoms with Gasteiger partial charge in [-0.25, -0.2) is 0 Å². The number of nitrogens with two attached hydrogens (primary N) is 1. The molecule has 0 amide bonds. The molecule has 0 saturated heterocycles. The first-order chi connectivity index (χ1) is 4.81. The van der Waals surface area contributed by atoms with E-state index in [-0.39, 0.29) is 5.97 Å². The van der Waals surface area contributed by atoms with Crippen molar-refractivity contribution in [3.8, 4) is 0 Å². The molecule has 58 valence electrons. The molecule has 0 aliphatic heterocycles. The molecule has 0 aliphatic carbocycles. The Bertz CT molecular complexity index is 93.6. The van der Waals surface area contributed by atoms with Crippen molar-refractivity contribution in [2.45, 2.75) is 25.7 Å². The van der Waals surface area contributed by atoms with Gasteiger partial charge in [-0.2, -0.15) is 0 Å². The Balaban J connectivity index is 2.96. The van der Waals surface area contributed by atoms with Crippen molar-refractivity contribution in [1.29, 1.82) is 0 Å². The number of carbonyl (C=O) groups is 1. The molecule has 3 nitrogen and oxygen atoms in total. The maximum atomic E-state index is 10.4. The van der Waals surface area contributed by atoms with E-state index >= 15 is 0 Å². The van der Waals surface area contributed by atoms with E-state index in [4.69, 9.17) is 5.73 Å². The molecule has 0 spiro atoms. The zero-order valence-corrected chi connectivity index (χ0v) is 6.01. The van der Waals surface area contributed by atoms with Crippen molar-refractivity contribution in [2.24, 2.45) is 5.73 Å². The summed E-state index contributed by atoms with van der Waals surface area (Å²) in [4.78, 5) is 10.4. The van der Waals surface area contributed by atoms with Crippen LogP contribution in [-0.4, -0.2) is 12.5 Å². The fourth-order valence-corrected chi connectivity index (χ4v) is 0.649. The van der Waals surface area contributed by atoms with E-state index in [1.807, 2.05) is 0 Å². The van der Waals surface area contributed by atoms with E-state index in [0.717, 1.165) is 19.3 Å². The van der Waals surface area contributed by atoms with Crippen LogP contribution in [0.1, 0.15) is 25.7 Å². The molecule has 2 radical (unpaired) electrons. The molecule has 0 aromatic rings. The first kappa shape index (κ1) is 9.43. The van der Waals surface area contributed by atoms with Gasteiger partial charge in [-0.1, -0.05) is 6.42 Å². The van der Waals surface area contributed by atoms with Crippen LogP contribution in [-0.2, 0) is 9.53 Å². The zero-order valence-electron chi connectivity index (χ0n) is 6.01. The summed E-state index contributed by atoms with van der Waals surface area (Å²) in [5.74, 6) is -0.350. The lowest BCUT2D eigenvalue weighted by Gasteiger charge is -1.96. The minimum atomic E-state index is -0.350. The molecular weight excluding hydrogens is 130 g/mol. The van der Waals surface area contributed by atoms with Crippen LogP contribution in [0.2, 0.25) is 0 Å². The number of esters is 1. The van der Waals surface area contributed by atoms with Gasteiger partial charge in [-0.15, -0.1) is 0 Å². The summed E-state index contributed by atoms with van der Waals surface area (Å²) in [6.45, 7) is 0.678. The molecule has 0 atom stereocenters. The van der Waals surface area contributed by atoms with Gasteiger partial charge in [0.1, 0.15) is 0 Å². The number of rotatable bonds is 5. The third kappa shape index (κ3) is 5.56. The number of ether oxygens (including phenoxy) is 1. The Labute approximate surface area is 61.5 Å². The van der Waals surface area contributed by atoms with Crippen molar-refractivity contribution >= 4 is 5.97 Å². The number of hydrogen-bond donors (Lipinski definition) is 1. The Morgan fingerprint density at radius 1 is 1.40 bits per heavy atom. The lowest BCUT2D eigenvalue weighted by atomic mass is 10.2. The molecule has 0 aromatic carbocycles. The molecule has 0 fully saturated rings. The van der Waals surface area contributed by atoms with Crippen molar-refractivity contribution in [3.63, 3.8) is 0 Å². The molecular formula is C7H13NO2. The first-order valence-electron chi connectivity index (χ1n) is 3.41. The van der Waals surface area contributed by atoms with Gasteiger partial charge in [0, 0.05) is 6.42 Å². The monoisotopic (exact) mass is 143 g/mol. The maximum Gasteiger partial charge on any atom is 0.306 e. The molecule has 0 unspecified atom stereocenters. The van der Waals surface area contributed by atoms with Crippen molar-refractivity contribution in [3.05, 3.63) is 7.11 Å². The predicted molar refractivity (Wildman–Crippen MR) is 37.9 cm³/mol. The molecule has 10 heavy (non-hydrogen) atoms. The molecule has 0 aliphatic rings. The van der Waals surface area contributed by atoms with Gasteiger partial charge in [0.25, 0.3) is 0 Å². The Kier molecular flexibility index (Phi) is 6.18. The topological polar surface area (TPSA) is 52.3 Å². The largest absolute Gasteiger partial charge is 0.454 e. The molecule has 0 bridgehead atoms. The first-order valence-corrected chi connectivity index (χ1v) is 3.41. The average Bonchev–Trinajstić information content (AvgIpc) is 1.98. The van der Waals surface area contributed by atoms with Crippen LogP contribution in [0.3, 0.4) is 0 Å². The van der Waals surface area contributed by atoms with E-state index < -0.39 is 0 Å². The van der Waals surface area contributed by atoms with E-state index in [0.29, 0.717) is 13.0 Å². The van der Waals surface area contributed by atoms with Crippen LogP contribution in [0, 0.1) is 7.11 Å². The number of unbranched alkanes of at least 4 members (excludes halogenated alkanes) is 2. The summed E-state index contributed by atoms with van der Waals surface area (Å²) in [5, 5.41) is 0. The second-order valence-electron chi connectivity index (χ2n) is 2.09. The van der Waals surface area contributed by atoms with Gasteiger partial charge in [0.2, 0.25) is 0 Å². The highest BCUT2D eigenvalue weighted by Crippen LogP contribution is 1.99. The van der Waals surface area contributed by atoms with E-state index in [2.05, 4.69) is 11.8 Å². The smallest absolute Gasteiger partial charge is 0.306 e. The third-order valence-corrected chi connectivity index (χ3v) is 1.22. The summed E-state index contributed by atoms with van der Waals surface area (Å²) in [7, 11) is 4.61. The molecule has 3 heteroatoms. The normalized spacial score (nSPS) is 9.40. The molecule has 2 N–H and O–H groups in total.